The van der Waals surface area contributed by atoms with Gasteiger partial charge in [0.15, 0.2) is 0 Å². The molecule has 70 valence electrons. The van der Waals surface area contributed by atoms with Crippen LogP contribution < -0.4 is 69.3 Å². The van der Waals surface area contributed by atoms with Crippen molar-refractivity contribution in [1.29, 1.82) is 0 Å². The minimum absolute atomic E-state index is 0. The summed E-state index contributed by atoms with van der Waals surface area (Å²) in [6.45, 7) is 0. The maximum Gasteiger partial charge on any atom is 1.00 e. The van der Waals surface area contributed by atoms with E-state index in [1.165, 1.54) is 12.2 Å². The first-order valence-corrected chi connectivity index (χ1v) is 4.14. The maximum absolute atomic E-state index is 10.8. The van der Waals surface area contributed by atoms with E-state index in [9.17, 15) is 19.8 Å². The molecule has 6 heteroatoms. The summed E-state index contributed by atoms with van der Waals surface area (Å²) < 4.78 is 0. The van der Waals surface area contributed by atoms with Gasteiger partial charge in [0.25, 0.3) is 0 Å². The molecule has 0 aromatic rings. The fourth-order valence-corrected chi connectivity index (χ4v) is 2.27. The predicted molar refractivity (Wildman–Crippen MR) is 37.9 cm³/mol. The number of aliphatic carboxylic acids is 2. The van der Waals surface area contributed by atoms with E-state index in [0.717, 1.165) is 0 Å². The van der Waals surface area contributed by atoms with Crippen molar-refractivity contribution in [2.75, 3.05) is 0 Å². The summed E-state index contributed by atoms with van der Waals surface area (Å²) in [7, 11) is 0. The summed E-state index contributed by atoms with van der Waals surface area (Å²) in [6, 6.07) is 0. The van der Waals surface area contributed by atoms with E-state index in [-0.39, 0.29) is 65.5 Å². The average Bonchev–Trinajstić information content (AvgIpc) is 2.61. The molecule has 0 N–H and O–H groups in total. The van der Waals surface area contributed by atoms with Gasteiger partial charge >= 0.3 is 59.1 Å². The zero-order valence-corrected chi connectivity index (χ0v) is 12.9. The van der Waals surface area contributed by atoms with Crippen molar-refractivity contribution in [3.05, 3.63) is 12.2 Å². The standard InChI is InChI=1S/C9H10O4.2Na/c10-6(11)8-1-2-9(5-8,4-3-8)7(12)13;;/h1-2H,3-5H2,(H,10,11)(H,12,13);;/q;2*+1/p-2. The molecule has 2 bridgehead atoms. The van der Waals surface area contributed by atoms with Crippen molar-refractivity contribution in [3.63, 3.8) is 0 Å². The molecule has 0 amide bonds. The van der Waals surface area contributed by atoms with Crippen LogP contribution in [0.3, 0.4) is 0 Å². The minimum Gasteiger partial charge on any atom is -0.549 e. The van der Waals surface area contributed by atoms with Gasteiger partial charge in [0.2, 0.25) is 0 Å². The fraction of sp³-hybridized carbons (Fsp3) is 0.556. The summed E-state index contributed by atoms with van der Waals surface area (Å²) in [5, 5.41) is 21.5. The SMILES string of the molecule is O=C([O-])C12C=CC(C(=O)[O-])(CC1)C2.[Na+].[Na+]. The molecular weight excluding hydrogens is 218 g/mol. The summed E-state index contributed by atoms with van der Waals surface area (Å²) in [5.41, 5.74) is -2.08. The monoisotopic (exact) mass is 226 g/mol. The van der Waals surface area contributed by atoms with Crippen LogP contribution in [0.2, 0.25) is 0 Å². The maximum atomic E-state index is 10.8. The van der Waals surface area contributed by atoms with E-state index < -0.39 is 22.8 Å². The topological polar surface area (TPSA) is 80.3 Å². The van der Waals surface area contributed by atoms with Crippen LogP contribution in [0.25, 0.3) is 0 Å². The summed E-state index contributed by atoms with van der Waals surface area (Å²) in [4.78, 5) is 21.5. The number of carboxylic acids is 2. The van der Waals surface area contributed by atoms with E-state index in [1.54, 1.807) is 0 Å². The zero-order valence-electron chi connectivity index (χ0n) is 8.91. The Kier molecular flexibility index (Phi) is 5.12. The number of carboxylic acid groups (broad SMARTS) is 2. The number of hydrogen-bond acceptors (Lipinski definition) is 4. The van der Waals surface area contributed by atoms with Crippen LogP contribution in [0.1, 0.15) is 19.3 Å². The van der Waals surface area contributed by atoms with Gasteiger partial charge in [0, 0.05) is 10.8 Å². The predicted octanol–water partition coefficient (Wildman–Crippen LogP) is -7.78. The number of fused-ring (bicyclic) bond motifs is 2. The Morgan fingerprint density at radius 3 is 1.40 bits per heavy atom. The fourth-order valence-electron chi connectivity index (χ4n) is 2.27. The summed E-state index contributed by atoms with van der Waals surface area (Å²) in [5.74, 6) is -2.35. The van der Waals surface area contributed by atoms with Crippen LogP contribution in [0, 0.1) is 10.8 Å². The second kappa shape index (κ2) is 4.90. The molecule has 0 heterocycles. The molecule has 0 aromatic carbocycles. The van der Waals surface area contributed by atoms with Gasteiger partial charge < -0.3 is 19.8 Å². The second-order valence-corrected chi connectivity index (χ2v) is 3.90. The molecule has 2 aliphatic carbocycles. The quantitative estimate of drug-likeness (QED) is 0.346. The van der Waals surface area contributed by atoms with E-state index in [4.69, 9.17) is 0 Å². The van der Waals surface area contributed by atoms with Gasteiger partial charge in [-0.05, 0) is 19.3 Å². The third kappa shape index (κ3) is 2.21. The first kappa shape index (κ1) is 15.7. The molecule has 2 atom stereocenters. The smallest absolute Gasteiger partial charge is 0.549 e. The first-order chi connectivity index (χ1) is 6.01. The molecule has 0 aromatic heterocycles. The van der Waals surface area contributed by atoms with Crippen molar-refractivity contribution in [2.45, 2.75) is 19.3 Å². The molecular formula is C9H8Na2O4. The summed E-state index contributed by atoms with van der Waals surface area (Å²) in [6.07, 6.45) is 3.69. The van der Waals surface area contributed by atoms with Gasteiger partial charge in [-0.3, -0.25) is 0 Å². The molecule has 2 unspecified atom stereocenters. The number of carbonyl (C=O) groups is 2. The first-order valence-electron chi connectivity index (χ1n) is 4.14. The third-order valence-electron chi connectivity index (χ3n) is 3.18. The van der Waals surface area contributed by atoms with E-state index in [1.807, 2.05) is 0 Å². The molecule has 0 spiro atoms. The Labute approximate surface area is 132 Å². The van der Waals surface area contributed by atoms with Crippen LogP contribution in [-0.4, -0.2) is 11.9 Å². The van der Waals surface area contributed by atoms with Crippen molar-refractivity contribution >= 4 is 11.9 Å². The number of carbonyl (C=O) groups excluding carboxylic acids is 2. The van der Waals surface area contributed by atoms with Crippen LogP contribution in [0.4, 0.5) is 0 Å². The van der Waals surface area contributed by atoms with Crippen molar-refractivity contribution in [2.24, 2.45) is 10.8 Å². The molecule has 0 saturated heterocycles. The van der Waals surface area contributed by atoms with Crippen molar-refractivity contribution in [3.8, 4) is 0 Å². The molecule has 0 radical (unpaired) electrons. The molecule has 1 saturated carbocycles. The van der Waals surface area contributed by atoms with Gasteiger partial charge in [0.05, 0.1) is 11.9 Å². The van der Waals surface area contributed by atoms with Gasteiger partial charge in [-0.2, -0.15) is 0 Å². The Balaban J connectivity index is 0.000000980. The van der Waals surface area contributed by atoms with E-state index in [0.29, 0.717) is 12.8 Å². The van der Waals surface area contributed by atoms with Crippen LogP contribution in [0.5, 0.6) is 0 Å². The normalized spacial score (nSPS) is 35.5. The van der Waals surface area contributed by atoms with Gasteiger partial charge in [-0.15, -0.1) is 0 Å². The molecule has 15 heavy (non-hydrogen) atoms. The van der Waals surface area contributed by atoms with E-state index >= 15 is 0 Å². The molecule has 2 rings (SSSR count). The van der Waals surface area contributed by atoms with Gasteiger partial charge in [-0.25, -0.2) is 0 Å². The minimum atomic E-state index is -1.18. The van der Waals surface area contributed by atoms with Crippen molar-refractivity contribution in [1.82, 2.24) is 0 Å². The van der Waals surface area contributed by atoms with Crippen molar-refractivity contribution < 1.29 is 78.9 Å². The largest absolute Gasteiger partial charge is 1.00 e. The Bertz CT molecular complexity index is 298. The van der Waals surface area contributed by atoms with Gasteiger partial charge in [0.1, 0.15) is 0 Å². The number of rotatable bonds is 2. The zero-order chi connectivity index (χ0) is 9.69. The Hall–Kier alpha value is 0.680. The Morgan fingerprint density at radius 1 is 0.933 bits per heavy atom. The molecule has 0 aliphatic heterocycles. The Morgan fingerprint density at radius 2 is 1.27 bits per heavy atom. The second-order valence-electron chi connectivity index (χ2n) is 3.90. The summed E-state index contributed by atoms with van der Waals surface area (Å²) >= 11 is 0. The van der Waals surface area contributed by atoms with Gasteiger partial charge in [-0.1, -0.05) is 12.2 Å². The molecule has 1 fully saturated rings. The molecule has 2 aliphatic rings. The van der Waals surface area contributed by atoms with Crippen LogP contribution in [0.15, 0.2) is 12.2 Å². The number of hydrogen-bond donors (Lipinski definition) is 0. The van der Waals surface area contributed by atoms with Crippen LogP contribution >= 0.6 is 0 Å². The third-order valence-corrected chi connectivity index (χ3v) is 3.18. The van der Waals surface area contributed by atoms with E-state index in [2.05, 4.69) is 0 Å². The van der Waals surface area contributed by atoms with Crippen LogP contribution in [-0.2, 0) is 9.59 Å². The average molecular weight is 226 g/mol. The molecule has 4 nitrogen and oxygen atoms in total.